The Bertz CT molecular complexity index is 514. The topological polar surface area (TPSA) is 56.9 Å². The van der Waals surface area contributed by atoms with Crippen molar-refractivity contribution in [3.63, 3.8) is 0 Å². The predicted octanol–water partition coefficient (Wildman–Crippen LogP) is 2.58. The summed E-state index contributed by atoms with van der Waals surface area (Å²) in [5.74, 6) is 2.78. The van der Waals surface area contributed by atoms with Crippen LogP contribution in [0.25, 0.3) is 0 Å². The number of hydrogen-bond acceptors (Lipinski definition) is 4. The molecule has 6 heteroatoms. The Morgan fingerprint density at radius 1 is 1.24 bits per heavy atom. The third-order valence-electron chi connectivity index (χ3n) is 5.52. The molecular weight excluding hydrogens is 314 g/mol. The first-order chi connectivity index (χ1) is 12.2. The summed E-state index contributed by atoms with van der Waals surface area (Å²) in [5.41, 5.74) is 1.01. The molecule has 0 aromatic carbocycles. The van der Waals surface area contributed by atoms with Crippen LogP contribution in [0.3, 0.4) is 0 Å². The van der Waals surface area contributed by atoms with Crippen LogP contribution in [-0.2, 0) is 6.54 Å². The molecular formula is C19H33N5O. The lowest BCUT2D eigenvalue weighted by molar-refractivity contribution is 0.168. The van der Waals surface area contributed by atoms with Gasteiger partial charge in [-0.15, -0.1) is 0 Å². The van der Waals surface area contributed by atoms with Crippen molar-refractivity contribution < 1.29 is 4.52 Å². The van der Waals surface area contributed by atoms with Gasteiger partial charge in [-0.3, -0.25) is 9.89 Å². The number of rotatable bonds is 5. The van der Waals surface area contributed by atoms with Gasteiger partial charge in [0.2, 0.25) is 0 Å². The van der Waals surface area contributed by atoms with Crippen molar-refractivity contribution in [1.29, 1.82) is 0 Å². The monoisotopic (exact) mass is 347 g/mol. The van der Waals surface area contributed by atoms with Gasteiger partial charge in [-0.1, -0.05) is 24.9 Å². The van der Waals surface area contributed by atoms with Crippen LogP contribution in [0.1, 0.15) is 45.2 Å². The van der Waals surface area contributed by atoms with Crippen molar-refractivity contribution in [3.8, 4) is 0 Å². The Labute approximate surface area is 151 Å². The van der Waals surface area contributed by atoms with E-state index < -0.39 is 0 Å². The van der Waals surface area contributed by atoms with Gasteiger partial charge in [-0.2, -0.15) is 0 Å². The van der Waals surface area contributed by atoms with E-state index in [1.165, 1.54) is 25.7 Å². The van der Waals surface area contributed by atoms with E-state index in [4.69, 9.17) is 9.52 Å². The maximum absolute atomic E-state index is 4.97. The van der Waals surface area contributed by atoms with E-state index in [1.54, 1.807) is 6.26 Å². The number of aromatic nitrogens is 1. The highest BCUT2D eigenvalue weighted by Gasteiger charge is 2.22. The molecule has 2 heterocycles. The van der Waals surface area contributed by atoms with Gasteiger partial charge in [-0.25, -0.2) is 0 Å². The van der Waals surface area contributed by atoms with E-state index in [-0.39, 0.29) is 0 Å². The van der Waals surface area contributed by atoms with E-state index >= 15 is 0 Å². The standard InChI is InChI=1S/C19H33N5O/c1-3-20-19(21-14-17-6-4-16(2)5-7-17)24-11-9-23(10-12-24)15-18-8-13-25-22-18/h8,13,16-17H,3-7,9-12,14-15H2,1-2H3,(H,20,21). The molecule has 140 valence electrons. The summed E-state index contributed by atoms with van der Waals surface area (Å²) in [7, 11) is 0. The van der Waals surface area contributed by atoms with E-state index in [0.717, 1.165) is 69.3 Å². The number of hydrogen-bond donors (Lipinski definition) is 1. The molecule has 1 aliphatic heterocycles. The molecule has 2 aliphatic rings. The zero-order chi connectivity index (χ0) is 17.5. The maximum Gasteiger partial charge on any atom is 0.194 e. The lowest BCUT2D eigenvalue weighted by Crippen LogP contribution is -2.52. The van der Waals surface area contributed by atoms with Crippen LogP contribution < -0.4 is 5.32 Å². The highest BCUT2D eigenvalue weighted by Crippen LogP contribution is 2.28. The SMILES string of the molecule is CCNC(=NCC1CCC(C)CC1)N1CCN(Cc2ccon2)CC1. The Kier molecular flexibility index (Phi) is 6.73. The molecule has 1 aromatic heterocycles. The molecule has 3 rings (SSSR count). The van der Waals surface area contributed by atoms with Crippen molar-refractivity contribution in [3.05, 3.63) is 18.0 Å². The molecule has 0 spiro atoms. The van der Waals surface area contributed by atoms with Crippen LogP contribution in [0.4, 0.5) is 0 Å². The van der Waals surface area contributed by atoms with Crippen molar-refractivity contribution in [2.45, 2.75) is 46.1 Å². The van der Waals surface area contributed by atoms with Crippen LogP contribution >= 0.6 is 0 Å². The normalized spacial score (nSPS) is 26.0. The largest absolute Gasteiger partial charge is 0.364 e. The summed E-state index contributed by atoms with van der Waals surface area (Å²) in [6, 6.07) is 1.95. The molecule has 0 bridgehead atoms. The van der Waals surface area contributed by atoms with Gasteiger partial charge >= 0.3 is 0 Å². The van der Waals surface area contributed by atoms with Gasteiger partial charge in [0, 0.05) is 51.9 Å². The van der Waals surface area contributed by atoms with Crippen molar-refractivity contribution in [2.75, 3.05) is 39.3 Å². The highest BCUT2D eigenvalue weighted by atomic mass is 16.5. The quantitative estimate of drug-likeness (QED) is 0.655. The van der Waals surface area contributed by atoms with Gasteiger partial charge in [0.05, 0.1) is 5.69 Å². The van der Waals surface area contributed by atoms with Gasteiger partial charge in [-0.05, 0) is 31.6 Å². The summed E-state index contributed by atoms with van der Waals surface area (Å²) < 4.78 is 4.93. The Morgan fingerprint density at radius 2 is 2.00 bits per heavy atom. The summed E-state index contributed by atoms with van der Waals surface area (Å²) in [6.07, 6.45) is 7.08. The first-order valence-corrected chi connectivity index (χ1v) is 9.89. The fraction of sp³-hybridized carbons (Fsp3) is 0.789. The second-order valence-corrected chi connectivity index (χ2v) is 7.57. The summed E-state index contributed by atoms with van der Waals surface area (Å²) >= 11 is 0. The van der Waals surface area contributed by atoms with E-state index in [1.807, 2.05) is 6.07 Å². The molecule has 0 atom stereocenters. The predicted molar refractivity (Wildman–Crippen MR) is 100 cm³/mol. The average molecular weight is 348 g/mol. The zero-order valence-corrected chi connectivity index (χ0v) is 15.8. The molecule has 25 heavy (non-hydrogen) atoms. The molecule has 2 fully saturated rings. The van der Waals surface area contributed by atoms with Crippen LogP contribution in [-0.4, -0.2) is 60.2 Å². The van der Waals surface area contributed by atoms with E-state index in [9.17, 15) is 0 Å². The molecule has 1 saturated heterocycles. The van der Waals surface area contributed by atoms with Crippen molar-refractivity contribution in [1.82, 2.24) is 20.3 Å². The van der Waals surface area contributed by atoms with Crippen molar-refractivity contribution >= 4 is 5.96 Å². The molecule has 0 radical (unpaired) electrons. The van der Waals surface area contributed by atoms with Gasteiger partial charge in [0.15, 0.2) is 5.96 Å². The Hall–Kier alpha value is -1.56. The molecule has 0 amide bonds. The van der Waals surface area contributed by atoms with Gasteiger partial charge in [0.25, 0.3) is 0 Å². The van der Waals surface area contributed by atoms with Crippen LogP contribution in [0.15, 0.2) is 21.8 Å². The maximum atomic E-state index is 4.97. The molecule has 1 saturated carbocycles. The lowest BCUT2D eigenvalue weighted by atomic mass is 9.83. The fourth-order valence-electron chi connectivity index (χ4n) is 3.82. The Morgan fingerprint density at radius 3 is 2.64 bits per heavy atom. The first-order valence-electron chi connectivity index (χ1n) is 9.89. The Balaban J connectivity index is 1.48. The number of nitrogens with zero attached hydrogens (tertiary/aromatic N) is 4. The number of piperazine rings is 1. The van der Waals surface area contributed by atoms with Crippen LogP contribution in [0.5, 0.6) is 0 Å². The summed E-state index contributed by atoms with van der Waals surface area (Å²) in [6.45, 7) is 11.4. The van der Waals surface area contributed by atoms with Gasteiger partial charge in [0.1, 0.15) is 6.26 Å². The minimum absolute atomic E-state index is 0.776. The van der Waals surface area contributed by atoms with Crippen LogP contribution in [0, 0.1) is 11.8 Å². The van der Waals surface area contributed by atoms with Crippen LogP contribution in [0.2, 0.25) is 0 Å². The first kappa shape index (κ1) is 18.2. The van der Waals surface area contributed by atoms with E-state index in [2.05, 4.69) is 34.1 Å². The summed E-state index contributed by atoms with van der Waals surface area (Å²) in [5, 5.41) is 7.51. The fourth-order valence-corrected chi connectivity index (χ4v) is 3.82. The molecule has 0 unspecified atom stereocenters. The third kappa shape index (κ3) is 5.46. The summed E-state index contributed by atoms with van der Waals surface area (Å²) in [4.78, 5) is 9.81. The lowest BCUT2D eigenvalue weighted by Gasteiger charge is -2.36. The van der Waals surface area contributed by atoms with E-state index in [0.29, 0.717) is 0 Å². The van der Waals surface area contributed by atoms with Gasteiger partial charge < -0.3 is 14.7 Å². The minimum atomic E-state index is 0.776. The molecule has 1 N–H and O–H groups in total. The molecule has 6 nitrogen and oxygen atoms in total. The third-order valence-corrected chi connectivity index (χ3v) is 5.52. The van der Waals surface area contributed by atoms with Crippen molar-refractivity contribution in [2.24, 2.45) is 16.8 Å². The smallest absolute Gasteiger partial charge is 0.194 e. The zero-order valence-electron chi connectivity index (χ0n) is 15.8. The number of guanidine groups is 1. The second kappa shape index (κ2) is 9.22. The highest BCUT2D eigenvalue weighted by molar-refractivity contribution is 5.80. The number of aliphatic imine (C=N–C) groups is 1. The molecule has 1 aliphatic carbocycles. The second-order valence-electron chi connectivity index (χ2n) is 7.57. The minimum Gasteiger partial charge on any atom is -0.364 e. The number of nitrogens with one attached hydrogen (secondary N) is 1. The molecule has 1 aromatic rings. The average Bonchev–Trinajstić information content (AvgIpc) is 3.14.